The zero-order chi connectivity index (χ0) is 14.0. The maximum Gasteiger partial charge on any atom is 0.315 e. The molecule has 18 heavy (non-hydrogen) atoms. The molecular weight excluding hydrogens is 232 g/mol. The smallest absolute Gasteiger partial charge is 0.315 e. The SMILES string of the molecule is CC(C)(C)CC(CC(=O)O)NC(=O)NC1(C)CC1. The number of rotatable bonds is 5. The Balaban J connectivity index is 2.48. The maximum atomic E-state index is 11.8. The fourth-order valence-electron chi connectivity index (χ4n) is 1.93. The van der Waals surface area contributed by atoms with Gasteiger partial charge in [0.05, 0.1) is 6.42 Å². The van der Waals surface area contributed by atoms with E-state index in [0.717, 1.165) is 12.8 Å². The summed E-state index contributed by atoms with van der Waals surface area (Å²) in [6.07, 6.45) is 2.58. The van der Waals surface area contributed by atoms with Gasteiger partial charge in [0, 0.05) is 11.6 Å². The fraction of sp³-hybridized carbons (Fsp3) is 0.846. The van der Waals surface area contributed by atoms with E-state index in [1.54, 1.807) is 0 Å². The number of carboxylic acid groups (broad SMARTS) is 1. The number of amides is 2. The number of carbonyl (C=O) groups is 2. The lowest BCUT2D eigenvalue weighted by molar-refractivity contribution is -0.137. The molecule has 1 fully saturated rings. The Morgan fingerprint density at radius 1 is 1.33 bits per heavy atom. The Morgan fingerprint density at radius 3 is 2.28 bits per heavy atom. The Morgan fingerprint density at radius 2 is 1.89 bits per heavy atom. The Labute approximate surface area is 108 Å². The molecule has 0 radical (unpaired) electrons. The highest BCUT2D eigenvalue weighted by Crippen LogP contribution is 2.34. The van der Waals surface area contributed by atoms with Gasteiger partial charge >= 0.3 is 12.0 Å². The molecule has 3 N–H and O–H groups in total. The lowest BCUT2D eigenvalue weighted by Gasteiger charge is -2.26. The highest BCUT2D eigenvalue weighted by molar-refractivity contribution is 5.76. The van der Waals surface area contributed by atoms with Crippen molar-refractivity contribution >= 4 is 12.0 Å². The largest absolute Gasteiger partial charge is 0.481 e. The molecule has 5 nitrogen and oxygen atoms in total. The molecule has 0 saturated heterocycles. The summed E-state index contributed by atoms with van der Waals surface area (Å²) in [4.78, 5) is 22.6. The average molecular weight is 256 g/mol. The lowest BCUT2D eigenvalue weighted by atomic mass is 9.87. The van der Waals surface area contributed by atoms with E-state index in [-0.39, 0.29) is 29.4 Å². The van der Waals surface area contributed by atoms with Gasteiger partial charge in [-0.3, -0.25) is 4.79 Å². The van der Waals surface area contributed by atoms with E-state index >= 15 is 0 Å². The standard InChI is InChI=1S/C13H24N2O3/c1-12(2,3)8-9(7-10(16)17)14-11(18)15-13(4)5-6-13/h9H,5-8H2,1-4H3,(H,16,17)(H2,14,15,18). The van der Waals surface area contributed by atoms with Crippen LogP contribution in [-0.2, 0) is 4.79 Å². The summed E-state index contributed by atoms with van der Waals surface area (Å²) in [5.41, 5.74) is -0.101. The Bertz CT molecular complexity index is 330. The second kappa shape index (κ2) is 5.16. The van der Waals surface area contributed by atoms with Crippen molar-refractivity contribution in [3.8, 4) is 0 Å². The van der Waals surface area contributed by atoms with Crippen molar-refractivity contribution in [2.45, 2.75) is 65.0 Å². The molecule has 104 valence electrons. The first-order valence-corrected chi connectivity index (χ1v) is 6.40. The molecule has 0 aliphatic heterocycles. The number of hydrogen-bond donors (Lipinski definition) is 3. The third-order valence-corrected chi connectivity index (χ3v) is 3.03. The summed E-state index contributed by atoms with van der Waals surface area (Å²) in [5, 5.41) is 14.5. The first-order chi connectivity index (χ1) is 8.10. The van der Waals surface area contributed by atoms with Crippen molar-refractivity contribution in [2.24, 2.45) is 5.41 Å². The molecule has 5 heteroatoms. The molecule has 1 unspecified atom stereocenters. The van der Waals surface area contributed by atoms with Crippen molar-refractivity contribution in [3.63, 3.8) is 0 Å². The van der Waals surface area contributed by atoms with Crippen LogP contribution in [0.2, 0.25) is 0 Å². The van der Waals surface area contributed by atoms with E-state index in [2.05, 4.69) is 10.6 Å². The van der Waals surface area contributed by atoms with Crippen LogP contribution in [0.3, 0.4) is 0 Å². The van der Waals surface area contributed by atoms with Crippen LogP contribution in [0, 0.1) is 5.41 Å². The summed E-state index contributed by atoms with van der Waals surface area (Å²) in [5.74, 6) is -0.887. The monoisotopic (exact) mass is 256 g/mol. The second-order valence-electron chi connectivity index (χ2n) is 6.72. The Kier molecular flexibility index (Phi) is 4.24. The quantitative estimate of drug-likeness (QED) is 0.705. The highest BCUT2D eigenvalue weighted by Gasteiger charge is 2.39. The number of aliphatic carboxylic acids is 1. The van der Waals surface area contributed by atoms with E-state index in [9.17, 15) is 9.59 Å². The van der Waals surface area contributed by atoms with Crippen molar-refractivity contribution in [1.82, 2.24) is 10.6 Å². The van der Waals surface area contributed by atoms with E-state index < -0.39 is 5.97 Å². The third-order valence-electron chi connectivity index (χ3n) is 3.03. The van der Waals surface area contributed by atoms with Crippen molar-refractivity contribution in [3.05, 3.63) is 0 Å². The molecule has 0 aromatic heterocycles. The van der Waals surface area contributed by atoms with Crippen LogP contribution in [-0.4, -0.2) is 28.7 Å². The van der Waals surface area contributed by atoms with Gasteiger partial charge in [0.15, 0.2) is 0 Å². The van der Waals surface area contributed by atoms with Gasteiger partial charge in [0.1, 0.15) is 0 Å². The summed E-state index contributed by atoms with van der Waals surface area (Å²) in [6, 6.07) is -0.588. The van der Waals surface area contributed by atoms with Gasteiger partial charge in [0.2, 0.25) is 0 Å². The number of urea groups is 1. The molecule has 0 aromatic carbocycles. The molecule has 0 spiro atoms. The van der Waals surface area contributed by atoms with Crippen LogP contribution in [0.1, 0.15) is 53.4 Å². The van der Waals surface area contributed by atoms with Crippen LogP contribution in [0.25, 0.3) is 0 Å². The molecule has 1 atom stereocenters. The first-order valence-electron chi connectivity index (χ1n) is 6.40. The highest BCUT2D eigenvalue weighted by atomic mass is 16.4. The molecule has 1 rings (SSSR count). The molecule has 0 heterocycles. The lowest BCUT2D eigenvalue weighted by Crippen LogP contribution is -2.48. The molecule has 1 saturated carbocycles. The third kappa shape index (κ3) is 5.89. The summed E-state index contributed by atoms with van der Waals surface area (Å²) in [6.45, 7) is 8.08. The van der Waals surface area contributed by atoms with Crippen LogP contribution in [0.5, 0.6) is 0 Å². The van der Waals surface area contributed by atoms with Crippen molar-refractivity contribution in [1.29, 1.82) is 0 Å². The van der Waals surface area contributed by atoms with Crippen LogP contribution < -0.4 is 10.6 Å². The van der Waals surface area contributed by atoms with E-state index in [1.807, 2.05) is 27.7 Å². The van der Waals surface area contributed by atoms with Crippen LogP contribution in [0.15, 0.2) is 0 Å². The second-order valence-corrected chi connectivity index (χ2v) is 6.72. The van der Waals surface area contributed by atoms with Crippen molar-refractivity contribution in [2.75, 3.05) is 0 Å². The van der Waals surface area contributed by atoms with Gasteiger partial charge < -0.3 is 15.7 Å². The van der Waals surface area contributed by atoms with Gasteiger partial charge in [-0.25, -0.2) is 4.79 Å². The number of nitrogens with one attached hydrogen (secondary N) is 2. The van der Waals surface area contributed by atoms with Gasteiger partial charge in [-0.2, -0.15) is 0 Å². The summed E-state index contributed by atoms with van der Waals surface area (Å²) >= 11 is 0. The Hall–Kier alpha value is -1.26. The van der Waals surface area contributed by atoms with E-state index in [4.69, 9.17) is 5.11 Å². The molecule has 2 amide bonds. The molecule has 1 aliphatic rings. The van der Waals surface area contributed by atoms with E-state index in [0.29, 0.717) is 6.42 Å². The predicted molar refractivity (Wildman–Crippen MR) is 69.4 cm³/mol. The van der Waals surface area contributed by atoms with E-state index in [1.165, 1.54) is 0 Å². The zero-order valence-electron chi connectivity index (χ0n) is 11.7. The molecule has 1 aliphatic carbocycles. The van der Waals surface area contributed by atoms with Gasteiger partial charge in [-0.1, -0.05) is 20.8 Å². The number of carbonyl (C=O) groups excluding carboxylic acids is 1. The molecule has 0 aromatic rings. The average Bonchev–Trinajstić information content (AvgIpc) is 2.77. The fourth-order valence-corrected chi connectivity index (χ4v) is 1.93. The summed E-state index contributed by atoms with van der Waals surface area (Å²) < 4.78 is 0. The van der Waals surface area contributed by atoms with Gasteiger partial charge in [0.25, 0.3) is 0 Å². The predicted octanol–water partition coefficient (Wildman–Crippen LogP) is 2.12. The minimum Gasteiger partial charge on any atom is -0.481 e. The minimum atomic E-state index is -0.887. The van der Waals surface area contributed by atoms with Crippen LogP contribution >= 0.6 is 0 Å². The first kappa shape index (κ1) is 14.8. The van der Waals surface area contributed by atoms with Gasteiger partial charge in [-0.15, -0.1) is 0 Å². The topological polar surface area (TPSA) is 78.4 Å². The normalized spacial score (nSPS) is 18.9. The summed E-state index contributed by atoms with van der Waals surface area (Å²) in [7, 11) is 0. The van der Waals surface area contributed by atoms with Crippen LogP contribution in [0.4, 0.5) is 4.79 Å². The maximum absolute atomic E-state index is 11.8. The molecular formula is C13H24N2O3. The molecule has 0 bridgehead atoms. The number of hydrogen-bond acceptors (Lipinski definition) is 2. The zero-order valence-corrected chi connectivity index (χ0v) is 11.7. The minimum absolute atomic E-state index is 0.0170. The van der Waals surface area contributed by atoms with Gasteiger partial charge in [-0.05, 0) is 31.6 Å². The van der Waals surface area contributed by atoms with Crippen molar-refractivity contribution < 1.29 is 14.7 Å². The number of carboxylic acids is 1.